The fourth-order valence-corrected chi connectivity index (χ4v) is 1.25. The summed E-state index contributed by atoms with van der Waals surface area (Å²) in [5.41, 5.74) is 0. The number of thiol groups is 2. The van der Waals surface area contributed by atoms with E-state index in [9.17, 15) is 0 Å². The van der Waals surface area contributed by atoms with Crippen LogP contribution >= 0.6 is 25.3 Å². The second kappa shape index (κ2) is 6.35. The molecule has 2 nitrogen and oxygen atoms in total. The van der Waals surface area contributed by atoms with Crippen molar-refractivity contribution in [2.75, 3.05) is 0 Å². The van der Waals surface area contributed by atoms with E-state index < -0.39 is 0 Å². The Morgan fingerprint density at radius 2 is 0.938 bits per heavy atom. The van der Waals surface area contributed by atoms with Crippen LogP contribution in [0.2, 0.25) is 0 Å². The number of benzene rings is 2. The summed E-state index contributed by atoms with van der Waals surface area (Å²) in [4.78, 5) is 1.24. The Hall–Kier alpha value is -1.26. The molecule has 84 valence electrons. The van der Waals surface area contributed by atoms with E-state index in [1.807, 2.05) is 12.1 Å². The lowest BCUT2D eigenvalue weighted by molar-refractivity contribution is 0.462. The number of para-hydroxylation sites is 2. The lowest BCUT2D eigenvalue weighted by atomic mass is 10.3. The van der Waals surface area contributed by atoms with Crippen molar-refractivity contribution < 1.29 is 10.2 Å². The average molecular weight is 252 g/mol. The van der Waals surface area contributed by atoms with E-state index in [2.05, 4.69) is 25.3 Å². The molecule has 16 heavy (non-hydrogen) atoms. The summed E-state index contributed by atoms with van der Waals surface area (Å²) in [6, 6.07) is 13.8. The molecule has 2 rings (SSSR count). The van der Waals surface area contributed by atoms with Crippen LogP contribution in [-0.4, -0.2) is 10.2 Å². The van der Waals surface area contributed by atoms with E-state index in [1.54, 1.807) is 36.4 Å². The zero-order valence-electron chi connectivity index (χ0n) is 8.41. The molecule has 0 atom stereocenters. The van der Waals surface area contributed by atoms with Crippen LogP contribution in [0.3, 0.4) is 0 Å². The van der Waals surface area contributed by atoms with Crippen LogP contribution in [0.5, 0.6) is 11.5 Å². The number of aromatic hydroxyl groups is 2. The second-order valence-electron chi connectivity index (χ2n) is 2.98. The van der Waals surface area contributed by atoms with E-state index in [0.29, 0.717) is 9.79 Å². The van der Waals surface area contributed by atoms with E-state index in [-0.39, 0.29) is 11.5 Å². The summed E-state index contributed by atoms with van der Waals surface area (Å²) in [5, 5.41) is 17.7. The van der Waals surface area contributed by atoms with Crippen LogP contribution in [0, 0.1) is 0 Å². The predicted molar refractivity (Wildman–Crippen MR) is 70.7 cm³/mol. The molecule has 0 radical (unpaired) electrons. The lowest BCUT2D eigenvalue weighted by Crippen LogP contribution is -1.64. The van der Waals surface area contributed by atoms with Crippen molar-refractivity contribution in [1.82, 2.24) is 0 Å². The largest absolute Gasteiger partial charge is 0.507 e. The highest BCUT2D eigenvalue weighted by Gasteiger charge is 1.88. The summed E-state index contributed by atoms with van der Waals surface area (Å²) in [5.74, 6) is 0.465. The van der Waals surface area contributed by atoms with E-state index in [1.165, 1.54) is 0 Å². The average Bonchev–Trinajstić information content (AvgIpc) is 2.28. The number of rotatable bonds is 0. The Morgan fingerprint density at radius 1 is 0.625 bits per heavy atom. The molecule has 0 aromatic heterocycles. The maximum Gasteiger partial charge on any atom is 0.128 e. The zero-order chi connectivity index (χ0) is 12.0. The monoisotopic (exact) mass is 252 g/mol. The molecule has 0 saturated carbocycles. The standard InChI is InChI=1S/2C6H6OS/c2*7-5-3-1-2-4-6(5)8/h2*1-4,7-8H. The normalized spacial score (nSPS) is 9.12. The van der Waals surface area contributed by atoms with Gasteiger partial charge in [0, 0.05) is 9.79 Å². The molecule has 0 amide bonds. The minimum absolute atomic E-state index is 0.232. The van der Waals surface area contributed by atoms with Crippen molar-refractivity contribution in [2.24, 2.45) is 0 Å². The molecule has 0 bridgehead atoms. The van der Waals surface area contributed by atoms with Gasteiger partial charge in [-0.1, -0.05) is 24.3 Å². The van der Waals surface area contributed by atoms with Gasteiger partial charge in [-0.3, -0.25) is 0 Å². The Balaban J connectivity index is 0.000000160. The third kappa shape index (κ3) is 4.08. The Bertz CT molecular complexity index is 373. The maximum atomic E-state index is 8.84. The van der Waals surface area contributed by atoms with E-state index in [4.69, 9.17) is 10.2 Å². The first-order valence-corrected chi connectivity index (χ1v) is 5.44. The van der Waals surface area contributed by atoms with E-state index in [0.717, 1.165) is 0 Å². The first kappa shape index (κ1) is 12.8. The van der Waals surface area contributed by atoms with Gasteiger partial charge in [-0.15, -0.1) is 25.3 Å². The zero-order valence-corrected chi connectivity index (χ0v) is 10.2. The fraction of sp³-hybridized carbons (Fsp3) is 0. The fourth-order valence-electron chi connectivity index (χ4n) is 0.928. The topological polar surface area (TPSA) is 40.5 Å². The summed E-state index contributed by atoms with van der Waals surface area (Å²) in [6.07, 6.45) is 0. The van der Waals surface area contributed by atoms with Crippen LogP contribution in [0.1, 0.15) is 0 Å². The molecule has 0 saturated heterocycles. The predicted octanol–water partition coefficient (Wildman–Crippen LogP) is 3.36. The van der Waals surface area contributed by atoms with Crippen LogP contribution in [0.25, 0.3) is 0 Å². The molecule has 2 aromatic rings. The lowest BCUT2D eigenvalue weighted by Gasteiger charge is -1.91. The van der Waals surface area contributed by atoms with Crippen molar-refractivity contribution in [3.8, 4) is 11.5 Å². The van der Waals surface area contributed by atoms with Crippen LogP contribution in [0.4, 0.5) is 0 Å². The third-order valence-corrected chi connectivity index (χ3v) is 2.52. The van der Waals surface area contributed by atoms with Crippen LogP contribution in [-0.2, 0) is 0 Å². The highest BCUT2D eigenvalue weighted by Crippen LogP contribution is 2.18. The van der Waals surface area contributed by atoms with Gasteiger partial charge in [0.25, 0.3) is 0 Å². The van der Waals surface area contributed by atoms with Gasteiger partial charge in [-0.25, -0.2) is 0 Å². The molecule has 0 spiro atoms. The highest BCUT2D eigenvalue weighted by atomic mass is 32.1. The van der Waals surface area contributed by atoms with Crippen molar-refractivity contribution >= 4 is 25.3 Å². The number of phenols is 2. The van der Waals surface area contributed by atoms with Crippen molar-refractivity contribution in [3.05, 3.63) is 48.5 Å². The van der Waals surface area contributed by atoms with Gasteiger partial charge in [0.1, 0.15) is 11.5 Å². The van der Waals surface area contributed by atoms with Gasteiger partial charge in [-0.2, -0.15) is 0 Å². The summed E-state index contributed by atoms with van der Waals surface area (Å²) in [6.45, 7) is 0. The first-order chi connectivity index (χ1) is 7.61. The molecule has 0 aliphatic heterocycles. The molecule has 0 heterocycles. The first-order valence-electron chi connectivity index (χ1n) is 4.55. The Kier molecular flexibility index (Phi) is 5.08. The molecular formula is C12H12O2S2. The van der Waals surface area contributed by atoms with Gasteiger partial charge in [0.05, 0.1) is 0 Å². The van der Waals surface area contributed by atoms with Crippen molar-refractivity contribution in [2.45, 2.75) is 9.79 Å². The second-order valence-corrected chi connectivity index (χ2v) is 3.94. The maximum absolute atomic E-state index is 8.84. The summed E-state index contributed by atoms with van der Waals surface area (Å²) in [7, 11) is 0. The summed E-state index contributed by atoms with van der Waals surface area (Å²) < 4.78 is 0. The van der Waals surface area contributed by atoms with Crippen LogP contribution < -0.4 is 0 Å². The molecule has 2 N–H and O–H groups in total. The molecule has 2 aromatic carbocycles. The Labute approximate surface area is 105 Å². The molecule has 0 aliphatic rings. The summed E-state index contributed by atoms with van der Waals surface area (Å²) >= 11 is 7.90. The Morgan fingerprint density at radius 3 is 1.12 bits per heavy atom. The van der Waals surface area contributed by atoms with Crippen LogP contribution in [0.15, 0.2) is 58.3 Å². The van der Waals surface area contributed by atoms with Gasteiger partial charge < -0.3 is 10.2 Å². The molecule has 0 fully saturated rings. The van der Waals surface area contributed by atoms with Crippen molar-refractivity contribution in [1.29, 1.82) is 0 Å². The number of hydrogen-bond donors (Lipinski definition) is 4. The smallest absolute Gasteiger partial charge is 0.128 e. The molecular weight excluding hydrogens is 240 g/mol. The number of phenolic OH excluding ortho intramolecular Hbond substituents is 2. The van der Waals surface area contributed by atoms with Crippen molar-refractivity contribution in [3.63, 3.8) is 0 Å². The minimum Gasteiger partial charge on any atom is -0.507 e. The van der Waals surface area contributed by atoms with Gasteiger partial charge in [-0.05, 0) is 24.3 Å². The SMILES string of the molecule is Oc1ccccc1S.Oc1ccccc1S. The van der Waals surface area contributed by atoms with E-state index >= 15 is 0 Å². The number of hydrogen-bond acceptors (Lipinski definition) is 4. The van der Waals surface area contributed by atoms with Gasteiger partial charge in [0.15, 0.2) is 0 Å². The minimum atomic E-state index is 0.232. The quantitative estimate of drug-likeness (QED) is 0.543. The molecule has 0 aliphatic carbocycles. The highest BCUT2D eigenvalue weighted by molar-refractivity contribution is 7.80. The van der Waals surface area contributed by atoms with Gasteiger partial charge >= 0.3 is 0 Å². The molecule has 4 heteroatoms. The third-order valence-electron chi connectivity index (χ3n) is 1.76. The molecule has 0 unspecified atom stereocenters. The van der Waals surface area contributed by atoms with Gasteiger partial charge in [0.2, 0.25) is 0 Å².